The van der Waals surface area contributed by atoms with Crippen LogP contribution in [-0.4, -0.2) is 28.4 Å². The average molecular weight is 453 g/mol. The third-order valence-corrected chi connectivity index (χ3v) is 5.90. The highest BCUT2D eigenvalue weighted by atomic mass is 32.2. The van der Waals surface area contributed by atoms with E-state index in [-0.39, 0.29) is 11.2 Å². The molecule has 0 fully saturated rings. The van der Waals surface area contributed by atoms with Gasteiger partial charge >= 0.3 is 0 Å². The Kier molecular flexibility index (Phi) is 8.26. The van der Waals surface area contributed by atoms with Gasteiger partial charge in [-0.3, -0.25) is 9.78 Å². The van der Waals surface area contributed by atoms with Crippen LogP contribution in [0.2, 0.25) is 0 Å². The summed E-state index contributed by atoms with van der Waals surface area (Å²) in [5, 5.41) is 9.51. The van der Waals surface area contributed by atoms with Crippen molar-refractivity contribution in [3.63, 3.8) is 0 Å². The molecule has 0 aliphatic carbocycles. The van der Waals surface area contributed by atoms with Gasteiger partial charge < -0.3 is 20.7 Å². The second-order valence-electron chi connectivity index (χ2n) is 6.55. The molecule has 0 bridgehead atoms. The van der Waals surface area contributed by atoms with Crippen molar-refractivity contribution in [3.8, 4) is 5.75 Å². The second kappa shape index (κ2) is 11.3. The van der Waals surface area contributed by atoms with Crippen LogP contribution in [0.15, 0.2) is 78.0 Å². The number of carbonyl (C=O) groups is 1. The summed E-state index contributed by atoms with van der Waals surface area (Å²) >= 11 is 6.96. The monoisotopic (exact) mass is 452 g/mol. The lowest BCUT2D eigenvalue weighted by atomic mass is 10.3. The summed E-state index contributed by atoms with van der Waals surface area (Å²) in [6, 6.07) is 18.9. The van der Waals surface area contributed by atoms with Crippen LogP contribution < -0.4 is 20.7 Å². The van der Waals surface area contributed by atoms with Crippen LogP contribution in [0.5, 0.6) is 5.75 Å². The quantitative estimate of drug-likeness (QED) is 0.312. The van der Waals surface area contributed by atoms with Crippen LogP contribution >= 0.6 is 24.0 Å². The van der Waals surface area contributed by atoms with E-state index in [0.717, 1.165) is 22.0 Å². The van der Waals surface area contributed by atoms with E-state index in [0.29, 0.717) is 17.3 Å². The highest BCUT2D eigenvalue weighted by Crippen LogP contribution is 2.29. The third kappa shape index (κ3) is 6.70. The Hall–Kier alpha value is -3.10. The van der Waals surface area contributed by atoms with Crippen molar-refractivity contribution < 1.29 is 9.53 Å². The molecule has 1 atom stereocenters. The van der Waals surface area contributed by atoms with Gasteiger partial charge in [-0.05, 0) is 61.1 Å². The molecular formula is C23H24N4O2S2. The molecule has 1 unspecified atom stereocenters. The highest BCUT2D eigenvalue weighted by Gasteiger charge is 2.18. The molecule has 3 rings (SSSR count). The number of para-hydroxylation sites is 2. The highest BCUT2D eigenvalue weighted by molar-refractivity contribution is 8.00. The Bertz CT molecular complexity index is 1030. The summed E-state index contributed by atoms with van der Waals surface area (Å²) in [7, 11) is 1.62. The molecule has 0 radical (unpaired) electrons. The van der Waals surface area contributed by atoms with E-state index in [1.807, 2.05) is 55.5 Å². The number of pyridine rings is 1. The number of carbonyl (C=O) groups excluding carboxylic acids is 1. The number of hydrogen-bond acceptors (Lipinski definition) is 5. The lowest BCUT2D eigenvalue weighted by Gasteiger charge is -2.16. The molecule has 1 aromatic heterocycles. The Morgan fingerprint density at radius 3 is 2.55 bits per heavy atom. The lowest BCUT2D eigenvalue weighted by molar-refractivity contribution is -0.115. The third-order valence-electron chi connectivity index (χ3n) is 4.34. The molecule has 0 aliphatic heterocycles. The number of anilines is 3. The number of rotatable bonds is 8. The van der Waals surface area contributed by atoms with Crippen LogP contribution in [0.1, 0.15) is 13.3 Å². The van der Waals surface area contributed by atoms with Gasteiger partial charge in [0.05, 0.1) is 18.0 Å². The number of hydrogen-bond donors (Lipinski definition) is 3. The minimum atomic E-state index is -0.220. The van der Waals surface area contributed by atoms with Gasteiger partial charge in [0.1, 0.15) is 5.75 Å². The van der Waals surface area contributed by atoms with Crippen LogP contribution in [0.3, 0.4) is 0 Å². The normalized spacial score (nSPS) is 11.3. The molecule has 6 nitrogen and oxygen atoms in total. The first-order chi connectivity index (χ1) is 15.1. The molecule has 0 saturated carbocycles. The van der Waals surface area contributed by atoms with Crippen LogP contribution in [-0.2, 0) is 4.79 Å². The molecule has 0 spiro atoms. The minimum Gasteiger partial charge on any atom is -0.495 e. The standard InChI is InChI=1S/C23H24N4O2S2/c1-3-21(22(28)25-16-11-13-24-14-12-16)31-18-8-6-7-17(15-18)26-23(30)27-19-9-4-5-10-20(19)29-2/h4-15,21H,3H2,1-2H3,(H,24,25,28)(H2,26,27,30). The smallest absolute Gasteiger partial charge is 0.237 e. The van der Waals surface area contributed by atoms with Gasteiger partial charge in [0.25, 0.3) is 0 Å². The Balaban J connectivity index is 1.62. The number of ether oxygens (including phenoxy) is 1. The number of methoxy groups -OCH3 is 1. The molecule has 0 aliphatic rings. The summed E-state index contributed by atoms with van der Waals surface area (Å²) in [5.41, 5.74) is 2.36. The van der Waals surface area contributed by atoms with E-state index in [4.69, 9.17) is 17.0 Å². The molecule has 1 amide bonds. The predicted octanol–water partition coefficient (Wildman–Crippen LogP) is 5.41. The first-order valence-corrected chi connectivity index (χ1v) is 11.1. The molecule has 1 heterocycles. The Labute approximate surface area is 191 Å². The lowest BCUT2D eigenvalue weighted by Crippen LogP contribution is -2.24. The summed E-state index contributed by atoms with van der Waals surface area (Å²) in [5.74, 6) is 0.673. The maximum atomic E-state index is 12.7. The molecule has 160 valence electrons. The number of nitrogens with one attached hydrogen (secondary N) is 3. The summed E-state index contributed by atoms with van der Waals surface area (Å²) in [6.07, 6.45) is 4.01. The van der Waals surface area contributed by atoms with Gasteiger partial charge in [0.2, 0.25) is 5.91 Å². The van der Waals surface area contributed by atoms with Crippen molar-refractivity contribution in [2.45, 2.75) is 23.5 Å². The SMILES string of the molecule is CCC(Sc1cccc(NC(=S)Nc2ccccc2OC)c1)C(=O)Nc1ccncc1. The van der Waals surface area contributed by atoms with Crippen LogP contribution in [0.4, 0.5) is 17.1 Å². The molecule has 8 heteroatoms. The van der Waals surface area contributed by atoms with Crippen LogP contribution in [0.25, 0.3) is 0 Å². The zero-order chi connectivity index (χ0) is 22.1. The van der Waals surface area contributed by atoms with Crippen molar-refractivity contribution in [2.24, 2.45) is 0 Å². The van der Waals surface area contributed by atoms with Gasteiger partial charge in [-0.1, -0.05) is 25.1 Å². The van der Waals surface area contributed by atoms with Gasteiger partial charge in [0, 0.05) is 28.7 Å². The topological polar surface area (TPSA) is 75.3 Å². The van der Waals surface area contributed by atoms with Crippen LogP contribution in [0, 0.1) is 0 Å². The number of benzene rings is 2. The first-order valence-electron chi connectivity index (χ1n) is 9.77. The van der Waals surface area contributed by atoms with E-state index < -0.39 is 0 Å². The largest absolute Gasteiger partial charge is 0.495 e. The Morgan fingerprint density at radius 2 is 1.81 bits per heavy atom. The summed E-state index contributed by atoms with van der Waals surface area (Å²) < 4.78 is 5.34. The number of nitrogens with zero attached hydrogens (tertiary/aromatic N) is 1. The second-order valence-corrected chi connectivity index (χ2v) is 8.23. The molecule has 31 heavy (non-hydrogen) atoms. The first kappa shape index (κ1) is 22.6. The summed E-state index contributed by atoms with van der Waals surface area (Å²) in [6.45, 7) is 2.00. The molecule has 3 N–H and O–H groups in total. The van der Waals surface area contributed by atoms with E-state index in [1.165, 1.54) is 11.8 Å². The van der Waals surface area contributed by atoms with E-state index in [9.17, 15) is 4.79 Å². The molecule has 0 saturated heterocycles. The maximum Gasteiger partial charge on any atom is 0.237 e. The van der Waals surface area contributed by atoms with Crippen molar-refractivity contribution in [1.29, 1.82) is 0 Å². The zero-order valence-electron chi connectivity index (χ0n) is 17.3. The van der Waals surface area contributed by atoms with Crippen molar-refractivity contribution >= 4 is 52.1 Å². The number of amides is 1. The molecule has 2 aromatic carbocycles. The zero-order valence-corrected chi connectivity index (χ0v) is 18.9. The summed E-state index contributed by atoms with van der Waals surface area (Å²) in [4.78, 5) is 17.6. The average Bonchev–Trinajstić information content (AvgIpc) is 2.78. The number of thioether (sulfide) groups is 1. The van der Waals surface area contributed by atoms with Crippen molar-refractivity contribution in [2.75, 3.05) is 23.1 Å². The molecular weight excluding hydrogens is 428 g/mol. The van der Waals surface area contributed by atoms with Gasteiger partial charge in [0.15, 0.2) is 5.11 Å². The minimum absolute atomic E-state index is 0.0366. The fraction of sp³-hybridized carbons (Fsp3) is 0.174. The van der Waals surface area contributed by atoms with E-state index in [1.54, 1.807) is 31.6 Å². The predicted molar refractivity (Wildman–Crippen MR) is 132 cm³/mol. The van der Waals surface area contributed by atoms with Crippen molar-refractivity contribution in [3.05, 3.63) is 73.1 Å². The van der Waals surface area contributed by atoms with Crippen molar-refractivity contribution in [1.82, 2.24) is 4.98 Å². The maximum absolute atomic E-state index is 12.7. The van der Waals surface area contributed by atoms with Gasteiger partial charge in [-0.25, -0.2) is 0 Å². The van der Waals surface area contributed by atoms with Gasteiger partial charge in [-0.15, -0.1) is 11.8 Å². The van der Waals surface area contributed by atoms with E-state index in [2.05, 4.69) is 20.9 Å². The van der Waals surface area contributed by atoms with E-state index >= 15 is 0 Å². The molecule has 3 aromatic rings. The number of aromatic nitrogens is 1. The fourth-order valence-electron chi connectivity index (χ4n) is 2.82. The number of thiocarbonyl (C=S) groups is 1. The Morgan fingerprint density at radius 1 is 1.03 bits per heavy atom. The fourth-order valence-corrected chi connectivity index (χ4v) is 4.07. The van der Waals surface area contributed by atoms with Gasteiger partial charge in [-0.2, -0.15) is 0 Å².